The Kier molecular flexibility index (Phi) is 11.0. The van der Waals surface area contributed by atoms with Crippen molar-refractivity contribution in [3.8, 4) is 0 Å². The lowest BCUT2D eigenvalue weighted by Crippen LogP contribution is -2.51. The summed E-state index contributed by atoms with van der Waals surface area (Å²) in [7, 11) is -4.60. The molecule has 0 saturated heterocycles. The number of rotatable bonds is 12. The number of carbonyl (C=O) groups is 2. The number of unbranched alkanes of at least 4 members (excludes halogenated alkanes) is 1. The molecule has 0 aliphatic carbocycles. The fourth-order valence-electron chi connectivity index (χ4n) is 4.06. The van der Waals surface area contributed by atoms with Crippen molar-refractivity contribution in [1.29, 1.82) is 0 Å². The minimum Gasteiger partial charge on any atom is -0.354 e. The SMILES string of the molecule is CCCCNC(=O)[C@H](C)N(Cc1ccccc1F)C(=O)CN(c1ccc(Cl)c(C(F)(F)F)c1)S(=O)(=O)c1ccccc1. The molecule has 3 rings (SSSR count). The van der Waals surface area contributed by atoms with Crippen LogP contribution in [0, 0.1) is 5.82 Å². The maximum absolute atomic E-state index is 14.6. The molecule has 0 unspecified atom stereocenters. The fourth-order valence-corrected chi connectivity index (χ4v) is 5.71. The lowest BCUT2D eigenvalue weighted by atomic mass is 10.1. The molecule has 2 amide bonds. The van der Waals surface area contributed by atoms with Gasteiger partial charge < -0.3 is 10.2 Å². The maximum atomic E-state index is 14.6. The number of nitrogens with one attached hydrogen (secondary N) is 1. The van der Waals surface area contributed by atoms with Gasteiger partial charge in [0.05, 0.1) is 21.2 Å². The topological polar surface area (TPSA) is 86.8 Å². The zero-order chi connectivity index (χ0) is 31.1. The van der Waals surface area contributed by atoms with Gasteiger partial charge in [0.1, 0.15) is 18.4 Å². The van der Waals surface area contributed by atoms with Crippen LogP contribution in [0.2, 0.25) is 5.02 Å². The molecule has 0 spiro atoms. The molecule has 42 heavy (non-hydrogen) atoms. The first-order valence-electron chi connectivity index (χ1n) is 13.0. The van der Waals surface area contributed by atoms with E-state index in [1.165, 1.54) is 55.5 Å². The number of hydrogen-bond acceptors (Lipinski definition) is 4. The Morgan fingerprint density at radius 3 is 2.26 bits per heavy atom. The predicted molar refractivity (Wildman–Crippen MR) is 152 cm³/mol. The molecule has 3 aromatic carbocycles. The second-order valence-corrected chi connectivity index (χ2v) is 11.7. The van der Waals surface area contributed by atoms with E-state index in [0.717, 1.165) is 23.5 Å². The summed E-state index contributed by atoms with van der Waals surface area (Å²) in [6.07, 6.45) is -3.46. The first-order chi connectivity index (χ1) is 19.8. The summed E-state index contributed by atoms with van der Waals surface area (Å²) in [5.74, 6) is -2.16. The van der Waals surface area contributed by atoms with Crippen molar-refractivity contribution in [2.45, 2.75) is 50.3 Å². The molecule has 0 bridgehead atoms. The molecule has 0 aliphatic rings. The molecular formula is C29H30ClF4N3O4S. The van der Waals surface area contributed by atoms with Crippen molar-refractivity contribution < 1.29 is 35.6 Å². The molecule has 7 nitrogen and oxygen atoms in total. The zero-order valence-electron chi connectivity index (χ0n) is 22.9. The number of alkyl halides is 3. The first kappa shape index (κ1) is 32.9. The van der Waals surface area contributed by atoms with Crippen LogP contribution in [-0.2, 0) is 32.3 Å². The predicted octanol–water partition coefficient (Wildman–Crippen LogP) is 6.03. The summed E-state index contributed by atoms with van der Waals surface area (Å²) in [4.78, 5) is 27.5. The monoisotopic (exact) mass is 627 g/mol. The number of hydrogen-bond donors (Lipinski definition) is 1. The number of amides is 2. The third-order valence-corrected chi connectivity index (χ3v) is 8.57. The highest BCUT2D eigenvalue weighted by Crippen LogP contribution is 2.38. The summed E-state index contributed by atoms with van der Waals surface area (Å²) in [5, 5.41) is 2.03. The number of halogens is 5. The van der Waals surface area contributed by atoms with Gasteiger partial charge in [0, 0.05) is 18.7 Å². The average Bonchev–Trinajstić information content (AvgIpc) is 2.95. The van der Waals surface area contributed by atoms with E-state index in [1.807, 2.05) is 6.92 Å². The highest BCUT2D eigenvalue weighted by atomic mass is 35.5. The van der Waals surface area contributed by atoms with Gasteiger partial charge in [-0.2, -0.15) is 13.2 Å². The van der Waals surface area contributed by atoms with Gasteiger partial charge >= 0.3 is 6.18 Å². The van der Waals surface area contributed by atoms with Crippen LogP contribution >= 0.6 is 11.6 Å². The van der Waals surface area contributed by atoms with Gasteiger partial charge in [0.25, 0.3) is 10.0 Å². The molecular weight excluding hydrogens is 598 g/mol. The van der Waals surface area contributed by atoms with Crippen molar-refractivity contribution in [3.05, 3.63) is 94.8 Å². The Hall–Kier alpha value is -3.64. The summed E-state index contributed by atoms with van der Waals surface area (Å²) in [6.45, 7) is 2.26. The molecule has 0 aliphatic heterocycles. The molecule has 0 fully saturated rings. The standard InChI is InChI=1S/C29H30ClF4N3O4S/c1-3-4-16-35-28(39)20(2)36(18-21-10-8-9-13-26(21)31)27(38)19-37(42(40,41)23-11-6-5-7-12-23)22-14-15-25(30)24(17-22)29(32,33)34/h5-15,17,20H,3-4,16,18-19H2,1-2H3,(H,35,39)/t20-/m0/s1. The number of anilines is 1. The minimum absolute atomic E-state index is 0.0578. The van der Waals surface area contributed by atoms with Crippen LogP contribution < -0.4 is 9.62 Å². The van der Waals surface area contributed by atoms with Gasteiger partial charge in [0.2, 0.25) is 11.8 Å². The zero-order valence-corrected chi connectivity index (χ0v) is 24.4. The highest BCUT2D eigenvalue weighted by Gasteiger charge is 2.37. The van der Waals surface area contributed by atoms with Crippen molar-refractivity contribution >= 4 is 39.1 Å². The van der Waals surface area contributed by atoms with Crippen molar-refractivity contribution in [3.63, 3.8) is 0 Å². The van der Waals surface area contributed by atoms with E-state index in [-0.39, 0.29) is 10.5 Å². The summed E-state index contributed by atoms with van der Waals surface area (Å²) < 4.78 is 83.7. The molecule has 0 aromatic heterocycles. The molecule has 1 atom stereocenters. The van der Waals surface area contributed by atoms with Crippen LogP contribution in [0.25, 0.3) is 0 Å². The van der Waals surface area contributed by atoms with Gasteiger partial charge in [-0.25, -0.2) is 12.8 Å². The number of carbonyl (C=O) groups excluding carboxylic acids is 2. The molecule has 0 saturated carbocycles. The van der Waals surface area contributed by atoms with Gasteiger partial charge in [-0.1, -0.05) is 61.3 Å². The first-order valence-corrected chi connectivity index (χ1v) is 14.8. The second kappa shape index (κ2) is 14.0. The summed E-state index contributed by atoms with van der Waals surface area (Å²) in [6, 6.07) is 13.7. The van der Waals surface area contributed by atoms with Crippen LogP contribution in [0.15, 0.2) is 77.7 Å². The summed E-state index contributed by atoms with van der Waals surface area (Å²) >= 11 is 5.76. The molecule has 1 N–H and O–H groups in total. The van der Waals surface area contributed by atoms with Crippen molar-refractivity contribution in [2.24, 2.45) is 0 Å². The van der Waals surface area contributed by atoms with Crippen LogP contribution in [-0.4, -0.2) is 44.3 Å². The minimum atomic E-state index is -4.92. The van der Waals surface area contributed by atoms with E-state index in [9.17, 15) is 35.6 Å². The van der Waals surface area contributed by atoms with Crippen LogP contribution in [0.1, 0.15) is 37.8 Å². The van der Waals surface area contributed by atoms with Crippen molar-refractivity contribution in [2.75, 3.05) is 17.4 Å². The van der Waals surface area contributed by atoms with Crippen molar-refractivity contribution in [1.82, 2.24) is 10.2 Å². The van der Waals surface area contributed by atoms with Gasteiger partial charge in [0.15, 0.2) is 0 Å². The number of sulfonamides is 1. The van der Waals surface area contributed by atoms with E-state index in [4.69, 9.17) is 11.6 Å². The largest absolute Gasteiger partial charge is 0.417 e. The molecule has 0 radical (unpaired) electrons. The second-order valence-electron chi connectivity index (χ2n) is 9.42. The van der Waals surface area contributed by atoms with Gasteiger partial charge in [-0.05, 0) is 49.7 Å². The van der Waals surface area contributed by atoms with Crippen LogP contribution in [0.5, 0.6) is 0 Å². The van der Waals surface area contributed by atoms with Gasteiger partial charge in [-0.3, -0.25) is 13.9 Å². The molecule has 0 heterocycles. The van der Waals surface area contributed by atoms with E-state index >= 15 is 0 Å². The Labute approximate surface area is 247 Å². The van der Waals surface area contributed by atoms with Crippen LogP contribution in [0.3, 0.4) is 0 Å². The van der Waals surface area contributed by atoms with E-state index < -0.39 is 69.2 Å². The average molecular weight is 628 g/mol. The highest BCUT2D eigenvalue weighted by molar-refractivity contribution is 7.92. The lowest BCUT2D eigenvalue weighted by molar-refractivity contribution is -0.139. The summed E-state index contributed by atoms with van der Waals surface area (Å²) in [5.41, 5.74) is -1.72. The fraction of sp³-hybridized carbons (Fsp3) is 0.310. The van der Waals surface area contributed by atoms with Crippen LogP contribution in [0.4, 0.5) is 23.2 Å². The molecule has 226 valence electrons. The molecule has 3 aromatic rings. The quantitative estimate of drug-likeness (QED) is 0.196. The van der Waals surface area contributed by atoms with E-state index in [2.05, 4.69) is 5.32 Å². The third-order valence-electron chi connectivity index (χ3n) is 6.45. The number of nitrogens with zero attached hydrogens (tertiary/aromatic N) is 2. The van der Waals surface area contributed by atoms with E-state index in [0.29, 0.717) is 23.3 Å². The normalized spacial score (nSPS) is 12.5. The maximum Gasteiger partial charge on any atom is 0.417 e. The number of benzene rings is 3. The smallest absolute Gasteiger partial charge is 0.354 e. The lowest BCUT2D eigenvalue weighted by Gasteiger charge is -2.32. The Morgan fingerprint density at radius 1 is 1.00 bits per heavy atom. The Balaban J connectivity index is 2.09. The Bertz CT molecular complexity index is 1500. The van der Waals surface area contributed by atoms with Gasteiger partial charge in [-0.15, -0.1) is 0 Å². The Morgan fingerprint density at radius 2 is 1.64 bits per heavy atom. The van der Waals surface area contributed by atoms with E-state index in [1.54, 1.807) is 6.07 Å². The third kappa shape index (κ3) is 8.01. The molecule has 13 heteroatoms.